The van der Waals surface area contributed by atoms with Crippen LogP contribution in [0.25, 0.3) is 11.3 Å². The highest BCUT2D eigenvalue weighted by molar-refractivity contribution is 5.58. The van der Waals surface area contributed by atoms with Crippen molar-refractivity contribution in [2.24, 2.45) is 0 Å². The fourth-order valence-corrected chi connectivity index (χ4v) is 3.11. The Morgan fingerprint density at radius 1 is 1.09 bits per heavy atom. The van der Waals surface area contributed by atoms with Gasteiger partial charge in [-0.05, 0) is 31.2 Å². The van der Waals surface area contributed by atoms with Gasteiger partial charge >= 0.3 is 0 Å². The maximum Gasteiger partial charge on any atom is 0.123 e. The molecule has 0 unspecified atom stereocenters. The van der Waals surface area contributed by atoms with Gasteiger partial charge in [-0.25, -0.2) is 4.98 Å². The molecular formula is C18H19N5. The first kappa shape index (κ1) is 14.1. The summed E-state index contributed by atoms with van der Waals surface area (Å²) in [5.74, 6) is 1.12. The van der Waals surface area contributed by atoms with E-state index >= 15 is 0 Å². The molecule has 23 heavy (non-hydrogen) atoms. The molecule has 3 aromatic heterocycles. The van der Waals surface area contributed by atoms with Gasteiger partial charge in [0.25, 0.3) is 0 Å². The van der Waals surface area contributed by atoms with Crippen LogP contribution in [0.15, 0.2) is 48.9 Å². The Labute approximate surface area is 135 Å². The number of nitrogens with zero attached hydrogens (tertiary/aromatic N) is 5. The van der Waals surface area contributed by atoms with Gasteiger partial charge in [-0.3, -0.25) is 14.9 Å². The second kappa shape index (κ2) is 5.93. The molecule has 0 aliphatic carbocycles. The predicted molar refractivity (Wildman–Crippen MR) is 88.5 cm³/mol. The van der Waals surface area contributed by atoms with Crippen molar-refractivity contribution in [3.05, 3.63) is 66.1 Å². The van der Waals surface area contributed by atoms with Crippen molar-refractivity contribution < 1.29 is 0 Å². The Hall–Kier alpha value is -2.53. The SMILES string of the molecule is Cc1cccc(CN2CCn3c(-c4ccncc4)cnc3C2)n1. The molecule has 116 valence electrons. The molecule has 3 aromatic rings. The van der Waals surface area contributed by atoms with Crippen molar-refractivity contribution in [2.75, 3.05) is 6.54 Å². The van der Waals surface area contributed by atoms with E-state index in [1.165, 1.54) is 11.3 Å². The van der Waals surface area contributed by atoms with Crippen LogP contribution in [0.3, 0.4) is 0 Å². The summed E-state index contributed by atoms with van der Waals surface area (Å²) in [5.41, 5.74) is 4.55. The highest BCUT2D eigenvalue weighted by Gasteiger charge is 2.20. The Morgan fingerprint density at radius 2 is 1.96 bits per heavy atom. The third kappa shape index (κ3) is 2.87. The molecule has 1 aliphatic heterocycles. The molecule has 0 saturated heterocycles. The van der Waals surface area contributed by atoms with Crippen molar-refractivity contribution >= 4 is 0 Å². The smallest absolute Gasteiger partial charge is 0.123 e. The zero-order valence-electron chi connectivity index (χ0n) is 13.2. The number of hydrogen-bond donors (Lipinski definition) is 0. The minimum atomic E-state index is 0.862. The highest BCUT2D eigenvalue weighted by Crippen LogP contribution is 2.23. The molecule has 0 fully saturated rings. The van der Waals surface area contributed by atoms with Gasteiger partial charge in [0.1, 0.15) is 5.82 Å². The molecule has 1 aliphatic rings. The van der Waals surface area contributed by atoms with Gasteiger partial charge in [-0.2, -0.15) is 0 Å². The molecule has 0 aromatic carbocycles. The quantitative estimate of drug-likeness (QED) is 0.746. The molecule has 4 heterocycles. The summed E-state index contributed by atoms with van der Waals surface area (Å²) < 4.78 is 2.31. The number of hydrogen-bond acceptors (Lipinski definition) is 4. The lowest BCUT2D eigenvalue weighted by atomic mass is 10.2. The summed E-state index contributed by atoms with van der Waals surface area (Å²) in [7, 11) is 0. The van der Waals surface area contributed by atoms with E-state index in [9.17, 15) is 0 Å². The monoisotopic (exact) mass is 305 g/mol. The van der Waals surface area contributed by atoms with Gasteiger partial charge in [0.15, 0.2) is 0 Å². The first-order chi connectivity index (χ1) is 11.3. The predicted octanol–water partition coefficient (Wildman–Crippen LogP) is 2.66. The van der Waals surface area contributed by atoms with E-state index in [4.69, 9.17) is 0 Å². The maximum absolute atomic E-state index is 4.62. The van der Waals surface area contributed by atoms with E-state index in [0.29, 0.717) is 0 Å². The second-order valence-electron chi connectivity index (χ2n) is 5.93. The zero-order valence-corrected chi connectivity index (χ0v) is 13.2. The number of fused-ring (bicyclic) bond motifs is 1. The first-order valence-corrected chi connectivity index (χ1v) is 7.89. The van der Waals surface area contributed by atoms with Gasteiger partial charge in [-0.1, -0.05) is 6.07 Å². The molecule has 0 amide bonds. The first-order valence-electron chi connectivity index (χ1n) is 7.89. The average Bonchev–Trinajstić information content (AvgIpc) is 2.99. The largest absolute Gasteiger partial charge is 0.326 e. The van der Waals surface area contributed by atoms with Crippen LogP contribution in [-0.4, -0.2) is 31.0 Å². The van der Waals surface area contributed by atoms with Gasteiger partial charge in [0.2, 0.25) is 0 Å². The molecule has 5 nitrogen and oxygen atoms in total. The summed E-state index contributed by atoms with van der Waals surface area (Å²) >= 11 is 0. The second-order valence-corrected chi connectivity index (χ2v) is 5.93. The third-order valence-electron chi connectivity index (χ3n) is 4.25. The molecule has 0 spiro atoms. The summed E-state index contributed by atoms with van der Waals surface area (Å²) in [6.07, 6.45) is 5.63. The lowest BCUT2D eigenvalue weighted by Crippen LogP contribution is -2.33. The molecule has 0 saturated carbocycles. The van der Waals surface area contributed by atoms with Crippen LogP contribution in [-0.2, 0) is 19.6 Å². The van der Waals surface area contributed by atoms with Crippen molar-refractivity contribution in [2.45, 2.75) is 26.6 Å². The molecular weight excluding hydrogens is 286 g/mol. The summed E-state index contributed by atoms with van der Waals surface area (Å²) in [6.45, 7) is 5.74. The van der Waals surface area contributed by atoms with Crippen LogP contribution >= 0.6 is 0 Å². The van der Waals surface area contributed by atoms with Crippen molar-refractivity contribution in [3.8, 4) is 11.3 Å². The molecule has 0 radical (unpaired) electrons. The number of pyridine rings is 2. The number of aromatic nitrogens is 4. The van der Waals surface area contributed by atoms with E-state index in [1.54, 1.807) is 0 Å². The Kier molecular flexibility index (Phi) is 3.63. The molecule has 0 bridgehead atoms. The molecule has 0 atom stereocenters. The van der Waals surface area contributed by atoms with E-state index in [2.05, 4.69) is 36.6 Å². The van der Waals surface area contributed by atoms with Crippen molar-refractivity contribution in [1.29, 1.82) is 0 Å². The summed E-state index contributed by atoms with van der Waals surface area (Å²) in [5, 5.41) is 0. The molecule has 4 rings (SSSR count). The van der Waals surface area contributed by atoms with Crippen LogP contribution in [0.1, 0.15) is 17.2 Å². The van der Waals surface area contributed by atoms with Crippen LogP contribution in [0, 0.1) is 6.92 Å². The molecule has 5 heteroatoms. The van der Waals surface area contributed by atoms with E-state index in [-0.39, 0.29) is 0 Å². The van der Waals surface area contributed by atoms with E-state index < -0.39 is 0 Å². The van der Waals surface area contributed by atoms with Gasteiger partial charge in [0.05, 0.1) is 24.1 Å². The van der Waals surface area contributed by atoms with Crippen molar-refractivity contribution in [1.82, 2.24) is 24.4 Å². The third-order valence-corrected chi connectivity index (χ3v) is 4.25. The summed E-state index contributed by atoms with van der Waals surface area (Å²) in [6, 6.07) is 10.3. The number of rotatable bonds is 3. The number of imidazole rings is 1. The Bertz CT molecular complexity index is 809. The topological polar surface area (TPSA) is 46.8 Å². The lowest BCUT2D eigenvalue weighted by Gasteiger charge is -2.28. The summed E-state index contributed by atoms with van der Waals surface area (Å²) in [4.78, 5) is 15.7. The maximum atomic E-state index is 4.62. The van der Waals surface area contributed by atoms with E-state index in [0.717, 1.165) is 43.4 Å². The van der Waals surface area contributed by atoms with Gasteiger partial charge < -0.3 is 4.57 Å². The highest BCUT2D eigenvalue weighted by atomic mass is 15.2. The van der Waals surface area contributed by atoms with Crippen LogP contribution in [0.4, 0.5) is 0 Å². The average molecular weight is 305 g/mol. The van der Waals surface area contributed by atoms with E-state index in [1.807, 2.05) is 43.7 Å². The minimum absolute atomic E-state index is 0.862. The Morgan fingerprint density at radius 3 is 2.78 bits per heavy atom. The number of aryl methyl sites for hydroxylation is 1. The fraction of sp³-hybridized carbons (Fsp3) is 0.278. The van der Waals surface area contributed by atoms with Crippen LogP contribution in [0.2, 0.25) is 0 Å². The van der Waals surface area contributed by atoms with Crippen LogP contribution < -0.4 is 0 Å². The Balaban J connectivity index is 1.53. The zero-order chi connectivity index (χ0) is 15.6. The van der Waals surface area contributed by atoms with Gasteiger partial charge in [-0.15, -0.1) is 0 Å². The van der Waals surface area contributed by atoms with Gasteiger partial charge in [0, 0.05) is 43.3 Å². The lowest BCUT2D eigenvalue weighted by molar-refractivity contribution is 0.207. The minimum Gasteiger partial charge on any atom is -0.326 e. The normalized spacial score (nSPS) is 14.7. The standard InChI is InChI=1S/C18H19N5/c1-14-3-2-4-16(21-14)12-22-9-10-23-17(11-20-18(23)13-22)15-5-7-19-8-6-15/h2-8,11H,9-10,12-13H2,1H3. The van der Waals surface area contributed by atoms with Crippen molar-refractivity contribution in [3.63, 3.8) is 0 Å². The molecule has 0 N–H and O–H groups in total. The van der Waals surface area contributed by atoms with Crippen LogP contribution in [0.5, 0.6) is 0 Å². The fourth-order valence-electron chi connectivity index (χ4n) is 3.11.